The molecule has 0 radical (unpaired) electrons. The topological polar surface area (TPSA) is 49.4 Å². The second-order valence-electron chi connectivity index (χ2n) is 6.93. The van der Waals surface area contributed by atoms with E-state index in [1.807, 2.05) is 70.9 Å². The van der Waals surface area contributed by atoms with Crippen molar-refractivity contribution in [3.8, 4) is 11.1 Å². The Balaban J connectivity index is 1.64. The number of amides is 2. The molecule has 28 heavy (non-hydrogen) atoms. The van der Waals surface area contributed by atoms with Gasteiger partial charge >= 0.3 is 0 Å². The summed E-state index contributed by atoms with van der Waals surface area (Å²) in [5.74, 6) is -0.101. The third-order valence-corrected chi connectivity index (χ3v) is 5.84. The van der Waals surface area contributed by atoms with Crippen LogP contribution in [-0.2, 0) is 11.2 Å². The lowest BCUT2D eigenvalue weighted by Gasteiger charge is -2.17. The van der Waals surface area contributed by atoms with Crippen molar-refractivity contribution in [1.82, 2.24) is 4.90 Å². The van der Waals surface area contributed by atoms with Crippen molar-refractivity contribution in [1.29, 1.82) is 0 Å². The minimum Gasteiger partial charge on any atom is -0.339 e. The number of hydrogen-bond acceptors (Lipinski definition) is 3. The fraction of sp³-hybridized carbons (Fsp3) is 0.217. The van der Waals surface area contributed by atoms with Gasteiger partial charge in [-0.05, 0) is 24.0 Å². The van der Waals surface area contributed by atoms with Gasteiger partial charge in [-0.25, -0.2) is 0 Å². The lowest BCUT2D eigenvalue weighted by Crippen LogP contribution is -2.28. The highest BCUT2D eigenvalue weighted by atomic mass is 32.1. The normalized spacial score (nSPS) is 13.5. The molecule has 1 N–H and O–H groups in total. The van der Waals surface area contributed by atoms with Crippen LogP contribution in [0.4, 0.5) is 5.00 Å². The van der Waals surface area contributed by atoms with Gasteiger partial charge in [-0.15, -0.1) is 11.3 Å². The molecule has 0 bridgehead atoms. The molecule has 1 saturated heterocycles. The second kappa shape index (κ2) is 8.40. The van der Waals surface area contributed by atoms with Crippen LogP contribution in [0.15, 0.2) is 66.0 Å². The number of anilines is 1. The number of rotatable bonds is 5. The first-order chi connectivity index (χ1) is 13.7. The van der Waals surface area contributed by atoms with E-state index in [4.69, 9.17) is 0 Å². The van der Waals surface area contributed by atoms with E-state index in [9.17, 15) is 9.59 Å². The molecule has 0 atom stereocenters. The largest absolute Gasteiger partial charge is 0.339 e. The Labute approximate surface area is 168 Å². The summed E-state index contributed by atoms with van der Waals surface area (Å²) in [6.07, 6.45) is 2.36. The van der Waals surface area contributed by atoms with Crippen LogP contribution in [0.1, 0.15) is 28.8 Å². The number of hydrogen-bond donors (Lipinski definition) is 1. The highest BCUT2D eigenvalue weighted by Crippen LogP contribution is 2.37. The molecular weight excluding hydrogens is 368 g/mol. The zero-order chi connectivity index (χ0) is 19.3. The molecule has 0 aliphatic carbocycles. The van der Waals surface area contributed by atoms with Crippen LogP contribution in [0.25, 0.3) is 11.1 Å². The van der Waals surface area contributed by atoms with Crippen molar-refractivity contribution in [3.05, 3.63) is 77.2 Å². The zero-order valence-corrected chi connectivity index (χ0v) is 16.4. The molecule has 2 amide bonds. The minimum atomic E-state index is -0.108. The molecule has 0 spiro atoms. The highest BCUT2D eigenvalue weighted by molar-refractivity contribution is 7.15. The average Bonchev–Trinajstić information content (AvgIpc) is 3.39. The van der Waals surface area contributed by atoms with Crippen LogP contribution in [-0.4, -0.2) is 29.8 Å². The molecule has 3 aromatic rings. The molecule has 1 fully saturated rings. The van der Waals surface area contributed by atoms with Gasteiger partial charge < -0.3 is 10.2 Å². The Morgan fingerprint density at radius 1 is 0.929 bits per heavy atom. The first-order valence-electron chi connectivity index (χ1n) is 9.52. The van der Waals surface area contributed by atoms with E-state index in [1.165, 1.54) is 11.3 Å². The molecule has 0 unspecified atom stereocenters. The van der Waals surface area contributed by atoms with Gasteiger partial charge in [0.15, 0.2) is 0 Å². The molecule has 2 heterocycles. The molecule has 5 heteroatoms. The van der Waals surface area contributed by atoms with E-state index >= 15 is 0 Å². The molecule has 1 aliphatic heterocycles. The second-order valence-corrected chi connectivity index (χ2v) is 7.81. The Morgan fingerprint density at radius 3 is 2.25 bits per heavy atom. The molecule has 1 aromatic heterocycles. The van der Waals surface area contributed by atoms with Gasteiger partial charge in [0.05, 0.1) is 12.0 Å². The van der Waals surface area contributed by atoms with Gasteiger partial charge in [0.1, 0.15) is 5.00 Å². The van der Waals surface area contributed by atoms with E-state index in [1.54, 1.807) is 0 Å². The molecule has 0 saturated carbocycles. The standard InChI is InChI=1S/C23H22N2O2S/c26-20(15-17-9-3-1-4-10-17)24-22-21(23(27)25-13-7-8-14-25)19(16-28-22)18-11-5-2-6-12-18/h1-6,9-12,16H,7-8,13-15H2,(H,24,26). The van der Waals surface area contributed by atoms with Gasteiger partial charge in [-0.1, -0.05) is 60.7 Å². The molecular formula is C23H22N2O2S. The number of carbonyl (C=O) groups excluding carboxylic acids is 2. The summed E-state index contributed by atoms with van der Waals surface area (Å²) in [6, 6.07) is 19.5. The number of likely N-dealkylation sites (tertiary alicyclic amines) is 1. The van der Waals surface area contributed by atoms with Crippen LogP contribution < -0.4 is 5.32 Å². The summed E-state index contributed by atoms with van der Waals surface area (Å²) in [7, 11) is 0. The van der Waals surface area contributed by atoms with Crippen LogP contribution in [0.3, 0.4) is 0 Å². The number of carbonyl (C=O) groups is 2. The third kappa shape index (κ3) is 3.99. The Kier molecular flexibility index (Phi) is 5.53. The number of benzene rings is 2. The lowest BCUT2D eigenvalue weighted by molar-refractivity contribution is -0.115. The van der Waals surface area contributed by atoms with Crippen molar-refractivity contribution in [2.45, 2.75) is 19.3 Å². The molecule has 2 aromatic carbocycles. The molecule has 4 rings (SSSR count). The maximum atomic E-state index is 13.2. The highest BCUT2D eigenvalue weighted by Gasteiger charge is 2.27. The maximum Gasteiger partial charge on any atom is 0.257 e. The predicted octanol–water partition coefficient (Wildman–Crippen LogP) is 4.83. The summed E-state index contributed by atoms with van der Waals surface area (Å²) < 4.78 is 0. The Hall–Kier alpha value is -2.92. The van der Waals surface area contributed by atoms with Crippen LogP contribution >= 0.6 is 11.3 Å². The van der Waals surface area contributed by atoms with Crippen LogP contribution in [0, 0.1) is 0 Å². The van der Waals surface area contributed by atoms with Crippen LogP contribution in [0.5, 0.6) is 0 Å². The van der Waals surface area contributed by atoms with E-state index in [0.29, 0.717) is 10.6 Å². The van der Waals surface area contributed by atoms with Gasteiger partial charge in [-0.2, -0.15) is 0 Å². The molecule has 4 nitrogen and oxygen atoms in total. The fourth-order valence-electron chi connectivity index (χ4n) is 3.52. The van der Waals surface area contributed by atoms with E-state index < -0.39 is 0 Å². The summed E-state index contributed by atoms with van der Waals surface area (Å²) in [5.41, 5.74) is 3.44. The van der Waals surface area contributed by atoms with E-state index in [-0.39, 0.29) is 18.2 Å². The smallest absolute Gasteiger partial charge is 0.257 e. The monoisotopic (exact) mass is 390 g/mol. The van der Waals surface area contributed by atoms with Gasteiger partial charge in [0.25, 0.3) is 5.91 Å². The van der Waals surface area contributed by atoms with Gasteiger partial charge in [0, 0.05) is 24.0 Å². The molecule has 1 aliphatic rings. The summed E-state index contributed by atoms with van der Waals surface area (Å²) in [6.45, 7) is 1.56. The van der Waals surface area contributed by atoms with E-state index in [2.05, 4.69) is 5.32 Å². The Bertz CT molecular complexity index is 961. The minimum absolute atomic E-state index is 0.00705. The average molecular weight is 391 g/mol. The maximum absolute atomic E-state index is 13.2. The van der Waals surface area contributed by atoms with Crippen molar-refractivity contribution in [2.24, 2.45) is 0 Å². The number of thiophene rings is 1. The summed E-state index contributed by atoms with van der Waals surface area (Å²) >= 11 is 1.42. The van der Waals surface area contributed by atoms with Crippen molar-refractivity contribution < 1.29 is 9.59 Å². The quantitative estimate of drug-likeness (QED) is 0.678. The van der Waals surface area contributed by atoms with Gasteiger partial charge in [0.2, 0.25) is 5.91 Å². The van der Waals surface area contributed by atoms with Crippen LogP contribution in [0.2, 0.25) is 0 Å². The van der Waals surface area contributed by atoms with Crippen molar-refractivity contribution in [3.63, 3.8) is 0 Å². The third-order valence-electron chi connectivity index (χ3n) is 4.94. The fourth-order valence-corrected chi connectivity index (χ4v) is 4.50. The summed E-state index contributed by atoms with van der Waals surface area (Å²) in [4.78, 5) is 27.7. The zero-order valence-electron chi connectivity index (χ0n) is 15.6. The van der Waals surface area contributed by atoms with Gasteiger partial charge in [-0.3, -0.25) is 9.59 Å². The number of nitrogens with zero attached hydrogens (tertiary/aromatic N) is 1. The predicted molar refractivity (Wildman–Crippen MR) is 114 cm³/mol. The van der Waals surface area contributed by atoms with Crippen molar-refractivity contribution >= 4 is 28.2 Å². The summed E-state index contributed by atoms with van der Waals surface area (Å²) in [5, 5.41) is 5.59. The first-order valence-corrected chi connectivity index (χ1v) is 10.4. The number of nitrogens with one attached hydrogen (secondary N) is 1. The van der Waals surface area contributed by atoms with E-state index in [0.717, 1.165) is 42.6 Å². The molecule has 142 valence electrons. The van der Waals surface area contributed by atoms with Crippen molar-refractivity contribution in [2.75, 3.05) is 18.4 Å². The lowest BCUT2D eigenvalue weighted by atomic mass is 10.0. The Morgan fingerprint density at radius 2 is 1.57 bits per heavy atom. The first kappa shape index (κ1) is 18.4. The SMILES string of the molecule is O=C(Cc1ccccc1)Nc1scc(-c2ccccc2)c1C(=O)N1CCCC1.